The molecule has 0 saturated heterocycles. The number of nitrogens with one attached hydrogen (secondary N) is 1. The van der Waals surface area contributed by atoms with Crippen LogP contribution in [0.1, 0.15) is 41.4 Å². The predicted molar refractivity (Wildman–Crippen MR) is 90.3 cm³/mol. The van der Waals surface area contributed by atoms with Crippen LogP contribution in [-0.2, 0) is 9.53 Å². The fourth-order valence-electron chi connectivity index (χ4n) is 2.63. The lowest BCUT2D eigenvalue weighted by Crippen LogP contribution is -2.16. The van der Waals surface area contributed by atoms with Crippen LogP contribution in [0.25, 0.3) is 0 Å². The number of rotatable bonds is 6. The molecule has 2 heterocycles. The van der Waals surface area contributed by atoms with Crippen LogP contribution in [0.5, 0.6) is 0 Å². The first-order valence-electron chi connectivity index (χ1n) is 7.55. The number of tetrazole rings is 1. The van der Waals surface area contributed by atoms with Crippen LogP contribution in [0, 0.1) is 0 Å². The molecule has 0 aromatic carbocycles. The van der Waals surface area contributed by atoms with Gasteiger partial charge in [0.05, 0.1) is 24.6 Å². The Hall–Kier alpha value is -1.94. The first kappa shape index (κ1) is 16.9. The molecule has 0 aliphatic heterocycles. The van der Waals surface area contributed by atoms with Crippen molar-refractivity contribution in [2.45, 2.75) is 36.9 Å². The van der Waals surface area contributed by atoms with E-state index in [1.807, 2.05) is 4.68 Å². The van der Waals surface area contributed by atoms with Gasteiger partial charge in [0.2, 0.25) is 11.1 Å². The second-order valence-electron chi connectivity index (χ2n) is 5.34. The standard InChI is InChI=1S/C14H17N5O3S2/c1-22-13(21)12-10(6-7-23-12)15-11(20)8-24-14-16-17-18-19(14)9-4-2-3-5-9/h6-7,9H,2-5,8H2,1H3,(H,15,20). The van der Waals surface area contributed by atoms with Gasteiger partial charge in [-0.05, 0) is 34.7 Å². The SMILES string of the molecule is COC(=O)c1sccc1NC(=O)CSc1nnnn1C1CCCC1. The summed E-state index contributed by atoms with van der Waals surface area (Å²) in [4.78, 5) is 24.1. The Morgan fingerprint density at radius 2 is 2.25 bits per heavy atom. The minimum Gasteiger partial charge on any atom is -0.465 e. The van der Waals surface area contributed by atoms with Gasteiger partial charge in [0.1, 0.15) is 4.88 Å². The van der Waals surface area contributed by atoms with Crippen LogP contribution in [0.4, 0.5) is 5.69 Å². The van der Waals surface area contributed by atoms with E-state index >= 15 is 0 Å². The van der Waals surface area contributed by atoms with Gasteiger partial charge in [-0.1, -0.05) is 24.6 Å². The number of carbonyl (C=O) groups excluding carboxylic acids is 2. The summed E-state index contributed by atoms with van der Waals surface area (Å²) in [6.45, 7) is 0. The monoisotopic (exact) mass is 367 g/mol. The van der Waals surface area contributed by atoms with E-state index in [1.54, 1.807) is 11.4 Å². The third-order valence-electron chi connectivity index (χ3n) is 3.78. The van der Waals surface area contributed by atoms with Crippen molar-refractivity contribution in [1.82, 2.24) is 20.2 Å². The maximum Gasteiger partial charge on any atom is 0.350 e. The van der Waals surface area contributed by atoms with Crippen LogP contribution in [-0.4, -0.2) is 44.9 Å². The van der Waals surface area contributed by atoms with Gasteiger partial charge >= 0.3 is 5.97 Å². The zero-order valence-electron chi connectivity index (χ0n) is 13.1. The van der Waals surface area contributed by atoms with Crippen molar-refractivity contribution in [3.05, 3.63) is 16.3 Å². The molecule has 10 heteroatoms. The van der Waals surface area contributed by atoms with Crippen molar-refractivity contribution in [2.75, 3.05) is 18.2 Å². The van der Waals surface area contributed by atoms with E-state index in [0.29, 0.717) is 21.8 Å². The Balaban J connectivity index is 1.58. The Bertz CT molecular complexity index is 724. The normalized spacial score (nSPS) is 14.7. The number of thioether (sulfide) groups is 1. The Morgan fingerprint density at radius 3 is 3.00 bits per heavy atom. The van der Waals surface area contributed by atoms with E-state index in [0.717, 1.165) is 12.8 Å². The molecule has 24 heavy (non-hydrogen) atoms. The first-order valence-corrected chi connectivity index (χ1v) is 9.42. The molecule has 0 bridgehead atoms. The first-order chi connectivity index (χ1) is 11.7. The zero-order valence-corrected chi connectivity index (χ0v) is 14.7. The van der Waals surface area contributed by atoms with Crippen LogP contribution in [0.15, 0.2) is 16.6 Å². The summed E-state index contributed by atoms with van der Waals surface area (Å²) in [5.74, 6) is -0.508. The fraction of sp³-hybridized carbons (Fsp3) is 0.500. The van der Waals surface area contributed by atoms with E-state index in [9.17, 15) is 9.59 Å². The van der Waals surface area contributed by atoms with Gasteiger partial charge in [0.15, 0.2) is 0 Å². The summed E-state index contributed by atoms with van der Waals surface area (Å²) in [5.41, 5.74) is 0.466. The molecule has 2 aromatic rings. The Kier molecular flexibility index (Phi) is 5.46. The van der Waals surface area contributed by atoms with Gasteiger partial charge in [-0.2, -0.15) is 0 Å². The van der Waals surface area contributed by atoms with Gasteiger partial charge in [-0.15, -0.1) is 16.4 Å². The molecule has 1 aliphatic rings. The molecule has 0 unspecified atom stereocenters. The predicted octanol–water partition coefficient (Wildman–Crippen LogP) is 2.37. The van der Waals surface area contributed by atoms with Crippen molar-refractivity contribution in [3.8, 4) is 0 Å². The van der Waals surface area contributed by atoms with Crippen LogP contribution in [0.3, 0.4) is 0 Å². The Labute approximate surface area is 147 Å². The molecule has 3 rings (SSSR count). The summed E-state index contributed by atoms with van der Waals surface area (Å²) in [6.07, 6.45) is 4.51. The molecular formula is C14H17N5O3S2. The second kappa shape index (κ2) is 7.75. The molecule has 1 amide bonds. The number of methoxy groups -OCH3 is 1. The van der Waals surface area contributed by atoms with Gasteiger partial charge in [0, 0.05) is 0 Å². The molecule has 128 valence electrons. The lowest BCUT2D eigenvalue weighted by atomic mass is 10.3. The van der Waals surface area contributed by atoms with Crippen molar-refractivity contribution in [2.24, 2.45) is 0 Å². The highest BCUT2D eigenvalue weighted by atomic mass is 32.2. The second-order valence-corrected chi connectivity index (χ2v) is 7.19. The van der Waals surface area contributed by atoms with Gasteiger partial charge in [-0.25, -0.2) is 9.48 Å². The molecular weight excluding hydrogens is 350 g/mol. The quantitative estimate of drug-likeness (QED) is 0.618. The van der Waals surface area contributed by atoms with Crippen molar-refractivity contribution in [3.63, 3.8) is 0 Å². The van der Waals surface area contributed by atoms with Crippen LogP contribution >= 0.6 is 23.1 Å². The van der Waals surface area contributed by atoms with E-state index < -0.39 is 5.97 Å². The molecule has 0 spiro atoms. The number of aromatic nitrogens is 4. The third kappa shape index (κ3) is 3.75. The number of hydrogen-bond donors (Lipinski definition) is 1. The minimum absolute atomic E-state index is 0.170. The van der Waals surface area contributed by atoms with Crippen LogP contribution in [0.2, 0.25) is 0 Å². The maximum atomic E-state index is 12.1. The number of carbonyl (C=O) groups is 2. The molecule has 0 atom stereocenters. The van der Waals surface area contributed by atoms with Gasteiger partial charge < -0.3 is 10.1 Å². The number of anilines is 1. The third-order valence-corrected chi connectivity index (χ3v) is 5.60. The van der Waals surface area contributed by atoms with Crippen molar-refractivity contribution >= 4 is 40.7 Å². The molecule has 0 radical (unpaired) electrons. The highest BCUT2D eigenvalue weighted by molar-refractivity contribution is 7.99. The van der Waals surface area contributed by atoms with E-state index in [1.165, 1.54) is 43.1 Å². The number of hydrogen-bond acceptors (Lipinski definition) is 8. The maximum absolute atomic E-state index is 12.1. The van der Waals surface area contributed by atoms with Gasteiger partial charge in [0.25, 0.3) is 0 Å². The van der Waals surface area contributed by atoms with E-state index in [4.69, 9.17) is 4.74 Å². The number of amides is 1. The highest BCUT2D eigenvalue weighted by Crippen LogP contribution is 2.31. The molecule has 1 aliphatic carbocycles. The lowest BCUT2D eigenvalue weighted by molar-refractivity contribution is -0.113. The smallest absolute Gasteiger partial charge is 0.350 e. The largest absolute Gasteiger partial charge is 0.465 e. The molecule has 1 saturated carbocycles. The topological polar surface area (TPSA) is 99.0 Å². The molecule has 1 N–H and O–H groups in total. The highest BCUT2D eigenvalue weighted by Gasteiger charge is 2.22. The lowest BCUT2D eigenvalue weighted by Gasteiger charge is -2.10. The van der Waals surface area contributed by atoms with Crippen LogP contribution < -0.4 is 5.32 Å². The van der Waals surface area contributed by atoms with E-state index in [-0.39, 0.29) is 11.7 Å². The van der Waals surface area contributed by atoms with E-state index in [2.05, 4.69) is 20.8 Å². The summed E-state index contributed by atoms with van der Waals surface area (Å²) in [6, 6.07) is 2.01. The number of thiophene rings is 1. The number of esters is 1. The van der Waals surface area contributed by atoms with Crippen molar-refractivity contribution < 1.29 is 14.3 Å². The van der Waals surface area contributed by atoms with Crippen molar-refractivity contribution in [1.29, 1.82) is 0 Å². The number of nitrogens with zero attached hydrogens (tertiary/aromatic N) is 4. The van der Waals surface area contributed by atoms with Gasteiger partial charge in [-0.3, -0.25) is 4.79 Å². The zero-order chi connectivity index (χ0) is 16.9. The fourth-order valence-corrected chi connectivity index (χ4v) is 4.14. The summed E-state index contributed by atoms with van der Waals surface area (Å²) >= 11 is 2.52. The Morgan fingerprint density at radius 1 is 1.46 bits per heavy atom. The molecule has 1 fully saturated rings. The average molecular weight is 367 g/mol. The summed E-state index contributed by atoms with van der Waals surface area (Å²) < 4.78 is 6.51. The summed E-state index contributed by atoms with van der Waals surface area (Å²) in [7, 11) is 1.31. The summed E-state index contributed by atoms with van der Waals surface area (Å²) in [5, 5.41) is 16.9. The molecule has 8 nitrogen and oxygen atoms in total. The minimum atomic E-state index is -0.460. The molecule has 2 aromatic heterocycles. The number of ether oxygens (including phenoxy) is 1. The average Bonchev–Trinajstić information content (AvgIpc) is 3.32.